The number of anilines is 1. The van der Waals surface area contributed by atoms with Crippen LogP contribution in [0, 0.1) is 0 Å². The van der Waals surface area contributed by atoms with Crippen molar-refractivity contribution in [2.24, 2.45) is 0 Å². The molecule has 0 aliphatic heterocycles. The van der Waals surface area contributed by atoms with Crippen molar-refractivity contribution in [2.45, 2.75) is 6.42 Å². The molecule has 0 aliphatic carbocycles. The molecule has 0 aliphatic rings. The Morgan fingerprint density at radius 2 is 1.96 bits per heavy atom. The fourth-order valence-electron chi connectivity index (χ4n) is 2.16. The van der Waals surface area contributed by atoms with Crippen molar-refractivity contribution in [3.8, 4) is 0 Å². The van der Waals surface area contributed by atoms with E-state index in [0.717, 1.165) is 12.0 Å². The van der Waals surface area contributed by atoms with Crippen molar-refractivity contribution in [1.82, 2.24) is 9.88 Å². The number of ether oxygens (including phenoxy) is 1. The monoisotopic (exact) mass is 327 g/mol. The fourth-order valence-corrected chi connectivity index (χ4v) is 2.16. The number of carbonyl (C=O) groups is 2. The summed E-state index contributed by atoms with van der Waals surface area (Å²) in [5, 5.41) is 3.03. The Bertz CT molecular complexity index is 689. The van der Waals surface area contributed by atoms with Gasteiger partial charge in [0.1, 0.15) is 0 Å². The summed E-state index contributed by atoms with van der Waals surface area (Å²) in [5.41, 5.74) is 2.29. The number of nitrogens with one attached hydrogen (secondary N) is 1. The molecule has 0 saturated carbocycles. The normalized spacial score (nSPS) is 10.1. The third-order valence-electron chi connectivity index (χ3n) is 3.64. The standard InChI is InChI=1S/C18H21N3O3/c1-21(11-8-14-6-9-19-10-7-14)17(22)13-20-16-5-3-4-15(12-16)18(23)24-2/h3-7,9-10,12,20H,8,11,13H2,1-2H3. The number of methoxy groups -OCH3 is 1. The highest BCUT2D eigenvalue weighted by atomic mass is 16.5. The van der Waals surface area contributed by atoms with Crippen molar-refractivity contribution in [3.63, 3.8) is 0 Å². The number of aromatic nitrogens is 1. The van der Waals surface area contributed by atoms with Crippen LogP contribution in [0.3, 0.4) is 0 Å². The van der Waals surface area contributed by atoms with E-state index in [0.29, 0.717) is 17.8 Å². The molecule has 0 bridgehead atoms. The molecule has 6 heteroatoms. The Kier molecular flexibility index (Phi) is 6.31. The minimum Gasteiger partial charge on any atom is -0.465 e. The van der Waals surface area contributed by atoms with E-state index in [-0.39, 0.29) is 12.5 Å². The molecule has 1 N–H and O–H groups in total. The molecule has 1 heterocycles. The van der Waals surface area contributed by atoms with Gasteiger partial charge in [-0.2, -0.15) is 0 Å². The number of rotatable bonds is 7. The maximum absolute atomic E-state index is 12.2. The molecular weight excluding hydrogens is 306 g/mol. The largest absolute Gasteiger partial charge is 0.465 e. The van der Waals surface area contributed by atoms with E-state index in [1.807, 2.05) is 12.1 Å². The number of benzene rings is 1. The average molecular weight is 327 g/mol. The lowest BCUT2D eigenvalue weighted by molar-refractivity contribution is -0.127. The molecule has 1 aromatic carbocycles. The number of hydrogen-bond donors (Lipinski definition) is 1. The lowest BCUT2D eigenvalue weighted by Crippen LogP contribution is -2.33. The highest BCUT2D eigenvalue weighted by Gasteiger charge is 2.10. The van der Waals surface area contributed by atoms with Gasteiger partial charge in [0.05, 0.1) is 19.2 Å². The summed E-state index contributed by atoms with van der Waals surface area (Å²) in [4.78, 5) is 29.3. The van der Waals surface area contributed by atoms with Gasteiger partial charge in [0.15, 0.2) is 0 Å². The third kappa shape index (κ3) is 5.08. The first-order valence-corrected chi connectivity index (χ1v) is 7.65. The third-order valence-corrected chi connectivity index (χ3v) is 3.64. The van der Waals surface area contributed by atoms with E-state index in [1.165, 1.54) is 7.11 Å². The van der Waals surface area contributed by atoms with Gasteiger partial charge < -0.3 is 15.0 Å². The second-order valence-corrected chi connectivity index (χ2v) is 5.35. The van der Waals surface area contributed by atoms with E-state index < -0.39 is 5.97 Å². The van der Waals surface area contributed by atoms with Crippen molar-refractivity contribution >= 4 is 17.6 Å². The van der Waals surface area contributed by atoms with Crippen LogP contribution in [0.5, 0.6) is 0 Å². The highest BCUT2D eigenvalue weighted by molar-refractivity contribution is 5.90. The smallest absolute Gasteiger partial charge is 0.337 e. The number of esters is 1. The molecule has 1 amide bonds. The number of hydrogen-bond acceptors (Lipinski definition) is 5. The summed E-state index contributed by atoms with van der Waals surface area (Å²) in [7, 11) is 3.11. The number of nitrogens with zero attached hydrogens (tertiary/aromatic N) is 2. The Balaban J connectivity index is 1.83. The minimum absolute atomic E-state index is 0.0208. The number of carbonyl (C=O) groups excluding carboxylic acids is 2. The van der Waals surface area contributed by atoms with Gasteiger partial charge in [-0.3, -0.25) is 9.78 Å². The molecular formula is C18H21N3O3. The molecule has 24 heavy (non-hydrogen) atoms. The van der Waals surface area contributed by atoms with E-state index in [9.17, 15) is 9.59 Å². The molecule has 2 rings (SSSR count). The van der Waals surface area contributed by atoms with Gasteiger partial charge in [0.2, 0.25) is 5.91 Å². The zero-order valence-electron chi connectivity index (χ0n) is 13.9. The average Bonchev–Trinajstić information content (AvgIpc) is 2.64. The summed E-state index contributed by atoms with van der Waals surface area (Å²) in [6.07, 6.45) is 4.27. The fraction of sp³-hybridized carbons (Fsp3) is 0.278. The zero-order chi connectivity index (χ0) is 17.4. The van der Waals surface area contributed by atoms with Gasteiger partial charge in [0.25, 0.3) is 0 Å². The molecule has 126 valence electrons. The van der Waals surface area contributed by atoms with Crippen LogP contribution in [-0.4, -0.2) is 49.0 Å². The second kappa shape index (κ2) is 8.67. The Hall–Kier alpha value is -2.89. The maximum Gasteiger partial charge on any atom is 0.337 e. The quantitative estimate of drug-likeness (QED) is 0.787. The first-order valence-electron chi connectivity index (χ1n) is 7.65. The zero-order valence-corrected chi connectivity index (χ0v) is 13.9. The van der Waals surface area contributed by atoms with E-state index in [1.54, 1.807) is 48.6 Å². The lowest BCUT2D eigenvalue weighted by Gasteiger charge is -2.18. The molecule has 1 aromatic heterocycles. The summed E-state index contributed by atoms with van der Waals surface area (Å²) in [5.74, 6) is -0.424. The minimum atomic E-state index is -0.403. The summed E-state index contributed by atoms with van der Waals surface area (Å²) >= 11 is 0. The van der Waals surface area contributed by atoms with Crippen LogP contribution in [0.1, 0.15) is 15.9 Å². The molecule has 0 atom stereocenters. The molecule has 0 radical (unpaired) electrons. The van der Waals surface area contributed by atoms with Crippen LogP contribution in [-0.2, 0) is 16.0 Å². The predicted molar refractivity (Wildman–Crippen MR) is 91.8 cm³/mol. The van der Waals surface area contributed by atoms with Crippen molar-refractivity contribution in [2.75, 3.05) is 32.6 Å². The Morgan fingerprint density at radius 1 is 1.21 bits per heavy atom. The molecule has 0 spiro atoms. The van der Waals surface area contributed by atoms with Gasteiger partial charge in [0, 0.05) is 31.7 Å². The van der Waals surface area contributed by atoms with Gasteiger partial charge in [-0.15, -0.1) is 0 Å². The molecule has 0 saturated heterocycles. The van der Waals surface area contributed by atoms with Crippen molar-refractivity contribution in [3.05, 3.63) is 59.9 Å². The van der Waals surface area contributed by atoms with Gasteiger partial charge in [-0.1, -0.05) is 6.07 Å². The number of likely N-dealkylation sites (N-methyl/N-ethyl adjacent to an activating group) is 1. The summed E-state index contributed by atoms with van der Waals surface area (Å²) < 4.78 is 4.68. The molecule has 6 nitrogen and oxygen atoms in total. The highest BCUT2D eigenvalue weighted by Crippen LogP contribution is 2.11. The van der Waals surface area contributed by atoms with Gasteiger partial charge in [-0.05, 0) is 42.3 Å². The SMILES string of the molecule is COC(=O)c1cccc(NCC(=O)N(C)CCc2ccncc2)c1. The molecule has 0 unspecified atom stereocenters. The Morgan fingerprint density at radius 3 is 2.67 bits per heavy atom. The van der Waals surface area contributed by atoms with Gasteiger partial charge >= 0.3 is 5.97 Å². The van der Waals surface area contributed by atoms with E-state index in [4.69, 9.17) is 0 Å². The van der Waals surface area contributed by atoms with Crippen LogP contribution in [0.4, 0.5) is 5.69 Å². The lowest BCUT2D eigenvalue weighted by atomic mass is 10.2. The first kappa shape index (κ1) is 17.5. The van der Waals surface area contributed by atoms with Crippen LogP contribution in [0.15, 0.2) is 48.8 Å². The Labute approximate surface area is 141 Å². The second-order valence-electron chi connectivity index (χ2n) is 5.35. The van der Waals surface area contributed by atoms with E-state index >= 15 is 0 Å². The van der Waals surface area contributed by atoms with Crippen LogP contribution >= 0.6 is 0 Å². The van der Waals surface area contributed by atoms with Crippen molar-refractivity contribution < 1.29 is 14.3 Å². The predicted octanol–water partition coefficient (Wildman–Crippen LogP) is 1.98. The van der Waals surface area contributed by atoms with Crippen molar-refractivity contribution in [1.29, 1.82) is 0 Å². The number of pyridine rings is 1. The number of amides is 1. The van der Waals surface area contributed by atoms with Crippen LogP contribution in [0.25, 0.3) is 0 Å². The maximum atomic E-state index is 12.2. The van der Waals surface area contributed by atoms with Crippen LogP contribution in [0.2, 0.25) is 0 Å². The first-order chi connectivity index (χ1) is 11.6. The van der Waals surface area contributed by atoms with Crippen LogP contribution < -0.4 is 5.32 Å². The molecule has 2 aromatic rings. The summed E-state index contributed by atoms with van der Waals surface area (Å²) in [6.45, 7) is 0.796. The van der Waals surface area contributed by atoms with E-state index in [2.05, 4.69) is 15.0 Å². The van der Waals surface area contributed by atoms with Gasteiger partial charge in [-0.25, -0.2) is 4.79 Å². The molecule has 0 fully saturated rings. The summed E-state index contributed by atoms with van der Waals surface area (Å²) in [6, 6.07) is 10.8. The topological polar surface area (TPSA) is 71.5 Å².